The molecular formula is C43H46N12O5. The number of fused-ring (bicyclic) bond motifs is 2. The van der Waals surface area contributed by atoms with Gasteiger partial charge in [-0.3, -0.25) is 34.3 Å². The number of rotatable bonds is 8. The highest BCUT2D eigenvalue weighted by molar-refractivity contribution is 6.23. The normalized spacial score (nSPS) is 24.5. The van der Waals surface area contributed by atoms with Crippen LogP contribution in [0.3, 0.4) is 0 Å². The second-order valence-corrected chi connectivity index (χ2v) is 16.4. The average Bonchev–Trinajstić information content (AvgIpc) is 3.74. The van der Waals surface area contributed by atoms with Crippen LogP contribution in [0.25, 0.3) is 22.3 Å². The second-order valence-electron chi connectivity index (χ2n) is 16.4. The summed E-state index contributed by atoms with van der Waals surface area (Å²) in [6, 6.07) is 22.2. The van der Waals surface area contributed by atoms with Crippen LogP contribution in [0, 0.1) is 0 Å². The van der Waals surface area contributed by atoms with E-state index >= 15 is 0 Å². The highest BCUT2D eigenvalue weighted by Gasteiger charge is 2.46. The molecule has 7 heterocycles. The Morgan fingerprint density at radius 1 is 0.750 bits per heavy atom. The number of amides is 4. The van der Waals surface area contributed by atoms with E-state index < -0.39 is 29.7 Å². The zero-order valence-electron chi connectivity index (χ0n) is 32.9. The minimum Gasteiger partial charge on any atom is -0.457 e. The summed E-state index contributed by atoms with van der Waals surface area (Å²) >= 11 is 0. The van der Waals surface area contributed by atoms with E-state index in [1.165, 1.54) is 6.33 Å². The largest absolute Gasteiger partial charge is 0.457 e. The third kappa shape index (κ3) is 6.63. The molecule has 0 bridgehead atoms. The molecule has 5 aromatic rings. The maximum Gasteiger partial charge on any atom is 0.262 e. The van der Waals surface area contributed by atoms with Crippen LogP contribution in [-0.4, -0.2) is 115 Å². The number of para-hydroxylation sites is 1. The molecule has 2 aromatic heterocycles. The van der Waals surface area contributed by atoms with Crippen LogP contribution in [-0.2, 0) is 9.59 Å². The van der Waals surface area contributed by atoms with E-state index in [2.05, 4.69) is 30.0 Å². The number of hydrogen-bond donors (Lipinski definition) is 4. The van der Waals surface area contributed by atoms with Crippen molar-refractivity contribution in [2.75, 3.05) is 36.8 Å². The van der Waals surface area contributed by atoms with Gasteiger partial charge in [0.2, 0.25) is 11.8 Å². The number of carbonyl (C=O) groups is 4. The number of aromatic nitrogens is 4. The smallest absolute Gasteiger partial charge is 0.262 e. The molecule has 17 nitrogen and oxygen atoms in total. The summed E-state index contributed by atoms with van der Waals surface area (Å²) < 4.78 is 8.03. The number of hydrogen-bond acceptors (Lipinski definition) is 14. The molecule has 0 spiro atoms. The Labute approximate surface area is 345 Å². The number of imide groups is 2. The number of nitrogen functional groups attached to an aromatic ring is 1. The third-order valence-corrected chi connectivity index (χ3v) is 12.9. The molecule has 4 amide bonds. The summed E-state index contributed by atoms with van der Waals surface area (Å²) in [6.45, 7) is 3.09. The van der Waals surface area contributed by atoms with E-state index in [9.17, 15) is 19.2 Å². The standard InChI is InChI=1S/C43H46N12O5/c44-34-19-27(20-35(45)53(34)28-21-52(22-28)26-8-11-31-32(18-26)43(59)54(42(31)58)33-12-13-36(56)49-41(33)57)51-16-14-25(15-17-51)55-40-37(39(46)47-23-48-40)38(50-55)24-6-9-30(10-7-24)60-29-4-2-1-3-5-29/h1-11,18,23,25,27-28,33-35H,12-17,19-22,44-45H2,(H2,46,47,48)(H,49,56,57). The Morgan fingerprint density at radius 2 is 1.45 bits per heavy atom. The molecule has 0 aliphatic carbocycles. The van der Waals surface area contributed by atoms with Gasteiger partial charge in [0, 0.05) is 55.9 Å². The maximum atomic E-state index is 13.4. The van der Waals surface area contributed by atoms with Crippen molar-refractivity contribution >= 4 is 46.2 Å². The lowest BCUT2D eigenvalue weighted by Crippen LogP contribution is -2.71. The van der Waals surface area contributed by atoms with Crippen LogP contribution < -0.4 is 32.2 Å². The summed E-state index contributed by atoms with van der Waals surface area (Å²) in [4.78, 5) is 67.6. The highest BCUT2D eigenvalue weighted by Crippen LogP contribution is 2.38. The molecule has 0 saturated carbocycles. The molecule has 3 unspecified atom stereocenters. The van der Waals surface area contributed by atoms with Crippen molar-refractivity contribution in [3.05, 3.63) is 90.3 Å². The van der Waals surface area contributed by atoms with Gasteiger partial charge in [0.1, 0.15) is 35.4 Å². The SMILES string of the molecule is Nc1ncnc2c1c(-c1ccc(Oc3ccccc3)cc1)nn2C1CCN(C2CC(N)N(C3CN(c4ccc5c(c4)C(=O)N(C4CCC(=O)NC4=O)C5=O)C3)C(N)C2)CC1. The van der Waals surface area contributed by atoms with Gasteiger partial charge in [-0.1, -0.05) is 18.2 Å². The molecule has 5 aliphatic rings. The molecule has 10 rings (SSSR count). The fraction of sp³-hybridized carbons (Fsp3) is 0.372. The summed E-state index contributed by atoms with van der Waals surface area (Å²) in [7, 11) is 0. The topological polar surface area (TPSA) is 224 Å². The molecule has 3 atom stereocenters. The van der Waals surface area contributed by atoms with Gasteiger partial charge in [0.25, 0.3) is 11.8 Å². The van der Waals surface area contributed by atoms with Crippen molar-refractivity contribution in [1.29, 1.82) is 0 Å². The zero-order chi connectivity index (χ0) is 41.2. The lowest BCUT2D eigenvalue weighted by molar-refractivity contribution is -0.136. The predicted molar refractivity (Wildman–Crippen MR) is 221 cm³/mol. The van der Waals surface area contributed by atoms with Gasteiger partial charge in [-0.05, 0) is 86.7 Å². The number of anilines is 2. The zero-order valence-corrected chi connectivity index (χ0v) is 32.9. The molecule has 4 saturated heterocycles. The fourth-order valence-corrected chi connectivity index (χ4v) is 9.75. The average molecular weight is 811 g/mol. The molecular weight excluding hydrogens is 765 g/mol. The first kappa shape index (κ1) is 38.0. The van der Waals surface area contributed by atoms with Gasteiger partial charge in [-0.15, -0.1) is 0 Å². The lowest BCUT2D eigenvalue weighted by atomic mass is 9.91. The van der Waals surface area contributed by atoms with Crippen LogP contribution in [0.1, 0.15) is 65.3 Å². The molecule has 5 aliphatic heterocycles. The van der Waals surface area contributed by atoms with E-state index in [1.54, 1.807) is 12.1 Å². The van der Waals surface area contributed by atoms with Gasteiger partial charge in [-0.25, -0.2) is 14.6 Å². The van der Waals surface area contributed by atoms with Crippen molar-refractivity contribution in [1.82, 2.24) is 39.8 Å². The van der Waals surface area contributed by atoms with Gasteiger partial charge >= 0.3 is 0 Å². The quantitative estimate of drug-likeness (QED) is 0.166. The number of nitrogens with zero attached hydrogens (tertiary/aromatic N) is 8. The van der Waals surface area contributed by atoms with Gasteiger partial charge in [0.15, 0.2) is 5.65 Å². The Balaban J connectivity index is 0.758. The van der Waals surface area contributed by atoms with E-state index in [-0.39, 0.29) is 54.4 Å². The minimum atomic E-state index is -0.999. The van der Waals surface area contributed by atoms with Crippen molar-refractivity contribution in [2.45, 2.75) is 75.0 Å². The Hall–Kier alpha value is -6.27. The summed E-state index contributed by atoms with van der Waals surface area (Å²) in [6.07, 6.45) is 4.61. The Bertz CT molecular complexity index is 2490. The van der Waals surface area contributed by atoms with Gasteiger partial charge in [-0.2, -0.15) is 5.10 Å². The number of ether oxygens (including phenoxy) is 1. The molecule has 308 valence electrons. The molecule has 7 N–H and O–H groups in total. The minimum absolute atomic E-state index is 0.0747. The van der Waals surface area contributed by atoms with Gasteiger partial charge < -0.3 is 31.7 Å². The molecule has 17 heteroatoms. The first-order valence-electron chi connectivity index (χ1n) is 20.6. The van der Waals surface area contributed by atoms with Crippen LogP contribution in [0.15, 0.2) is 79.1 Å². The van der Waals surface area contributed by atoms with E-state index in [1.807, 2.05) is 65.3 Å². The highest BCUT2D eigenvalue weighted by atomic mass is 16.5. The Kier molecular flexibility index (Phi) is 9.54. The predicted octanol–water partition coefficient (Wildman–Crippen LogP) is 2.83. The van der Waals surface area contributed by atoms with Crippen LogP contribution in [0.5, 0.6) is 11.5 Å². The molecule has 4 fully saturated rings. The number of likely N-dealkylation sites (tertiary alicyclic amines) is 2. The fourth-order valence-electron chi connectivity index (χ4n) is 9.75. The second kappa shape index (κ2) is 15.1. The van der Waals surface area contributed by atoms with Crippen LogP contribution >= 0.6 is 0 Å². The monoisotopic (exact) mass is 810 g/mol. The summed E-state index contributed by atoms with van der Waals surface area (Å²) in [5.74, 6) is -0.181. The van der Waals surface area contributed by atoms with Crippen molar-refractivity contribution in [3.8, 4) is 22.8 Å². The summed E-state index contributed by atoms with van der Waals surface area (Å²) in [5.41, 5.74) is 23.9. The van der Waals surface area contributed by atoms with Crippen LogP contribution in [0.4, 0.5) is 11.5 Å². The van der Waals surface area contributed by atoms with Crippen molar-refractivity contribution in [3.63, 3.8) is 0 Å². The van der Waals surface area contributed by atoms with E-state index in [0.717, 1.165) is 83.1 Å². The molecule has 3 aromatic carbocycles. The van der Waals surface area contributed by atoms with E-state index in [4.69, 9.17) is 27.0 Å². The van der Waals surface area contributed by atoms with Crippen molar-refractivity contribution < 1.29 is 23.9 Å². The van der Waals surface area contributed by atoms with E-state index in [0.29, 0.717) is 18.9 Å². The number of carbonyl (C=O) groups excluding carboxylic acids is 4. The number of nitrogens with two attached hydrogens (primary N) is 3. The number of benzene rings is 3. The van der Waals surface area contributed by atoms with Crippen LogP contribution in [0.2, 0.25) is 0 Å². The maximum absolute atomic E-state index is 13.4. The van der Waals surface area contributed by atoms with Crippen molar-refractivity contribution in [2.24, 2.45) is 11.5 Å². The first-order valence-corrected chi connectivity index (χ1v) is 20.6. The molecule has 0 radical (unpaired) electrons. The first-order chi connectivity index (χ1) is 29.1. The third-order valence-electron chi connectivity index (χ3n) is 12.9. The van der Waals surface area contributed by atoms with Gasteiger partial charge in [0.05, 0.1) is 34.9 Å². The number of piperidine rings is 3. The summed E-state index contributed by atoms with van der Waals surface area (Å²) in [5, 5.41) is 8.09. The molecule has 60 heavy (non-hydrogen) atoms. The lowest BCUT2D eigenvalue weighted by Gasteiger charge is -2.54. The Morgan fingerprint density at radius 3 is 2.17 bits per heavy atom. The number of nitrogens with one attached hydrogen (secondary N) is 1.